The lowest BCUT2D eigenvalue weighted by molar-refractivity contribution is -0.137. The highest BCUT2D eigenvalue weighted by Crippen LogP contribution is 2.46. The standard InChI is InChI=1S/C11H20N2O3S/c1-12-8-11(4-5-11)10(14)13(2)9-3-6-17(15,16)7-9/h9,12H,3-8H2,1-2H3. The van der Waals surface area contributed by atoms with Crippen LogP contribution in [-0.4, -0.2) is 57.4 Å². The fourth-order valence-corrected chi connectivity index (χ4v) is 4.35. The number of carbonyl (C=O) groups excluding carboxylic acids is 1. The summed E-state index contributed by atoms with van der Waals surface area (Å²) in [5.41, 5.74) is -0.254. The largest absolute Gasteiger partial charge is 0.341 e. The van der Waals surface area contributed by atoms with Crippen molar-refractivity contribution < 1.29 is 13.2 Å². The average molecular weight is 260 g/mol. The summed E-state index contributed by atoms with van der Waals surface area (Å²) >= 11 is 0. The number of carbonyl (C=O) groups is 1. The molecule has 98 valence electrons. The number of hydrogen-bond donors (Lipinski definition) is 1. The molecule has 5 nitrogen and oxygen atoms in total. The maximum absolute atomic E-state index is 12.3. The van der Waals surface area contributed by atoms with E-state index in [-0.39, 0.29) is 28.9 Å². The molecule has 0 aromatic rings. The van der Waals surface area contributed by atoms with Crippen molar-refractivity contribution in [1.82, 2.24) is 10.2 Å². The van der Waals surface area contributed by atoms with Gasteiger partial charge in [0.1, 0.15) is 0 Å². The van der Waals surface area contributed by atoms with E-state index in [1.807, 2.05) is 7.05 Å². The van der Waals surface area contributed by atoms with Gasteiger partial charge in [-0.05, 0) is 26.3 Å². The molecule has 0 radical (unpaired) electrons. The lowest BCUT2D eigenvalue weighted by Gasteiger charge is -2.28. The van der Waals surface area contributed by atoms with E-state index in [2.05, 4.69) is 5.32 Å². The minimum absolute atomic E-state index is 0.106. The van der Waals surface area contributed by atoms with Crippen LogP contribution < -0.4 is 5.32 Å². The molecule has 0 spiro atoms. The Bertz CT molecular complexity index is 414. The average Bonchev–Trinajstić information content (AvgIpc) is 2.95. The zero-order valence-electron chi connectivity index (χ0n) is 10.4. The van der Waals surface area contributed by atoms with Crippen molar-refractivity contribution >= 4 is 15.7 Å². The highest BCUT2D eigenvalue weighted by atomic mass is 32.2. The smallest absolute Gasteiger partial charge is 0.230 e. The molecule has 1 amide bonds. The van der Waals surface area contributed by atoms with Gasteiger partial charge in [-0.1, -0.05) is 0 Å². The quantitative estimate of drug-likeness (QED) is 0.749. The van der Waals surface area contributed by atoms with Gasteiger partial charge in [0.25, 0.3) is 0 Å². The maximum Gasteiger partial charge on any atom is 0.230 e. The van der Waals surface area contributed by atoms with Crippen LogP contribution in [0, 0.1) is 5.41 Å². The summed E-state index contributed by atoms with van der Waals surface area (Å²) in [4.78, 5) is 14.0. The molecule has 1 heterocycles. The first-order valence-corrected chi connectivity index (χ1v) is 7.85. The summed E-state index contributed by atoms with van der Waals surface area (Å²) in [6, 6.07) is -0.123. The van der Waals surface area contributed by atoms with Crippen LogP contribution in [0.25, 0.3) is 0 Å². The molecule has 0 bridgehead atoms. The van der Waals surface area contributed by atoms with Gasteiger partial charge in [0, 0.05) is 19.6 Å². The maximum atomic E-state index is 12.3. The molecule has 6 heteroatoms. The first-order valence-electron chi connectivity index (χ1n) is 6.02. The number of amides is 1. The molecular formula is C11H20N2O3S. The van der Waals surface area contributed by atoms with Gasteiger partial charge in [-0.2, -0.15) is 0 Å². The topological polar surface area (TPSA) is 66.5 Å². The number of sulfone groups is 1. The molecule has 2 fully saturated rings. The molecule has 1 aliphatic heterocycles. The second-order valence-corrected chi connectivity index (χ2v) is 7.51. The predicted octanol–water partition coefficient (Wildman–Crippen LogP) is -0.368. The van der Waals surface area contributed by atoms with Crippen LogP contribution in [0.1, 0.15) is 19.3 Å². The van der Waals surface area contributed by atoms with Gasteiger partial charge in [-0.3, -0.25) is 4.79 Å². The van der Waals surface area contributed by atoms with Gasteiger partial charge < -0.3 is 10.2 Å². The molecule has 1 atom stereocenters. The summed E-state index contributed by atoms with van der Waals surface area (Å²) in [5.74, 6) is 0.452. The molecule has 1 saturated heterocycles. The van der Waals surface area contributed by atoms with E-state index in [9.17, 15) is 13.2 Å². The second kappa shape index (κ2) is 4.24. The molecular weight excluding hydrogens is 240 g/mol. The van der Waals surface area contributed by atoms with Crippen molar-refractivity contribution in [1.29, 1.82) is 0 Å². The van der Waals surface area contributed by atoms with E-state index < -0.39 is 9.84 Å². The van der Waals surface area contributed by atoms with E-state index in [0.717, 1.165) is 12.8 Å². The second-order valence-electron chi connectivity index (χ2n) is 5.28. The van der Waals surface area contributed by atoms with Crippen LogP contribution in [0.4, 0.5) is 0 Å². The summed E-state index contributed by atoms with van der Waals surface area (Å²) in [7, 11) is 0.659. The highest BCUT2D eigenvalue weighted by Gasteiger charge is 2.51. The van der Waals surface area contributed by atoms with E-state index in [0.29, 0.717) is 13.0 Å². The third-order valence-corrected chi connectivity index (χ3v) is 5.65. The van der Waals surface area contributed by atoms with Crippen molar-refractivity contribution in [2.45, 2.75) is 25.3 Å². The normalized spacial score (nSPS) is 28.9. The predicted molar refractivity (Wildman–Crippen MR) is 65.4 cm³/mol. The van der Waals surface area contributed by atoms with Crippen LogP contribution in [-0.2, 0) is 14.6 Å². The number of nitrogens with one attached hydrogen (secondary N) is 1. The molecule has 2 aliphatic rings. The van der Waals surface area contributed by atoms with E-state index >= 15 is 0 Å². The SMILES string of the molecule is CNCC1(C(=O)N(C)C2CCS(=O)(=O)C2)CC1. The van der Waals surface area contributed by atoms with Crippen molar-refractivity contribution in [2.75, 3.05) is 32.1 Å². The van der Waals surface area contributed by atoms with Crippen molar-refractivity contribution in [3.63, 3.8) is 0 Å². The molecule has 1 unspecified atom stereocenters. The van der Waals surface area contributed by atoms with Crippen molar-refractivity contribution in [3.8, 4) is 0 Å². The van der Waals surface area contributed by atoms with Crippen LogP contribution in [0.2, 0.25) is 0 Å². The summed E-state index contributed by atoms with van der Waals surface area (Å²) < 4.78 is 22.8. The fraction of sp³-hybridized carbons (Fsp3) is 0.909. The summed E-state index contributed by atoms with van der Waals surface area (Å²) in [6.45, 7) is 0.690. The first kappa shape index (κ1) is 12.8. The van der Waals surface area contributed by atoms with E-state index in [1.165, 1.54) is 0 Å². The number of rotatable bonds is 4. The Morgan fingerprint density at radius 2 is 2.12 bits per heavy atom. The Balaban J connectivity index is 2.01. The van der Waals surface area contributed by atoms with Crippen LogP contribution in [0.3, 0.4) is 0 Å². The fourth-order valence-electron chi connectivity index (χ4n) is 2.58. The Hall–Kier alpha value is -0.620. The Labute approximate surface area is 102 Å². The zero-order valence-corrected chi connectivity index (χ0v) is 11.2. The Morgan fingerprint density at radius 1 is 1.47 bits per heavy atom. The van der Waals surface area contributed by atoms with Crippen LogP contribution >= 0.6 is 0 Å². The molecule has 0 aromatic heterocycles. The number of hydrogen-bond acceptors (Lipinski definition) is 4. The minimum atomic E-state index is -2.92. The minimum Gasteiger partial charge on any atom is -0.341 e. The van der Waals surface area contributed by atoms with Gasteiger partial charge in [-0.25, -0.2) is 8.42 Å². The summed E-state index contributed by atoms with van der Waals surface area (Å²) in [6.07, 6.45) is 2.41. The van der Waals surface area contributed by atoms with E-state index in [4.69, 9.17) is 0 Å². The molecule has 1 aliphatic carbocycles. The first-order chi connectivity index (χ1) is 7.90. The van der Waals surface area contributed by atoms with Gasteiger partial charge in [-0.15, -0.1) is 0 Å². The molecule has 17 heavy (non-hydrogen) atoms. The van der Waals surface area contributed by atoms with Gasteiger partial charge in [0.15, 0.2) is 9.84 Å². The van der Waals surface area contributed by atoms with Gasteiger partial charge >= 0.3 is 0 Å². The van der Waals surface area contributed by atoms with Gasteiger partial charge in [0.05, 0.1) is 16.9 Å². The molecule has 1 N–H and O–H groups in total. The van der Waals surface area contributed by atoms with Crippen LogP contribution in [0.15, 0.2) is 0 Å². The Kier molecular flexibility index (Phi) is 3.20. The molecule has 0 aromatic carbocycles. The summed E-state index contributed by atoms with van der Waals surface area (Å²) in [5, 5.41) is 3.05. The molecule has 1 saturated carbocycles. The Morgan fingerprint density at radius 3 is 2.53 bits per heavy atom. The van der Waals surface area contributed by atoms with E-state index in [1.54, 1.807) is 11.9 Å². The lowest BCUT2D eigenvalue weighted by Crippen LogP contribution is -2.44. The highest BCUT2D eigenvalue weighted by molar-refractivity contribution is 7.91. The zero-order chi connectivity index (χ0) is 12.7. The molecule has 2 rings (SSSR count). The third-order valence-electron chi connectivity index (χ3n) is 3.90. The van der Waals surface area contributed by atoms with Crippen molar-refractivity contribution in [2.24, 2.45) is 5.41 Å². The third kappa shape index (κ3) is 2.47. The monoisotopic (exact) mass is 260 g/mol. The van der Waals surface area contributed by atoms with Crippen LogP contribution in [0.5, 0.6) is 0 Å². The van der Waals surface area contributed by atoms with Crippen molar-refractivity contribution in [3.05, 3.63) is 0 Å². The lowest BCUT2D eigenvalue weighted by atomic mass is 10.0. The van der Waals surface area contributed by atoms with Gasteiger partial charge in [0.2, 0.25) is 5.91 Å². The number of nitrogens with zero attached hydrogens (tertiary/aromatic N) is 1.